The minimum absolute atomic E-state index is 0.0125. The summed E-state index contributed by atoms with van der Waals surface area (Å²) >= 11 is 0. The Morgan fingerprint density at radius 1 is 0.977 bits per heavy atom. The Morgan fingerprint density at radius 3 is 2.27 bits per heavy atom. The predicted molar refractivity (Wildman–Crippen MR) is 168 cm³/mol. The summed E-state index contributed by atoms with van der Waals surface area (Å²) in [4.78, 5) is 43.6. The number of halogens is 2. The van der Waals surface area contributed by atoms with Gasteiger partial charge in [-0.2, -0.15) is 0 Å². The largest absolute Gasteiger partial charge is 0.390 e. The average molecular weight is 615 g/mol. The number of aliphatic hydroxyl groups is 1. The molecule has 242 valence electrons. The normalized spacial score (nSPS) is 16.8. The van der Waals surface area contributed by atoms with Crippen LogP contribution < -0.4 is 10.6 Å². The molecular formula is C34H48F2N4O4. The van der Waals surface area contributed by atoms with Crippen LogP contribution in [-0.2, 0) is 11.2 Å². The minimum Gasteiger partial charge on any atom is -0.390 e. The molecule has 3 amide bonds. The van der Waals surface area contributed by atoms with Gasteiger partial charge >= 0.3 is 0 Å². The Kier molecular flexibility index (Phi) is 13.7. The van der Waals surface area contributed by atoms with Crippen LogP contribution in [0.2, 0.25) is 0 Å². The minimum atomic E-state index is -1.18. The van der Waals surface area contributed by atoms with Crippen LogP contribution in [-0.4, -0.2) is 83.5 Å². The summed E-state index contributed by atoms with van der Waals surface area (Å²) in [6.45, 7) is 10.4. The van der Waals surface area contributed by atoms with Gasteiger partial charge in [0, 0.05) is 49.9 Å². The maximum Gasteiger partial charge on any atom is 0.253 e. The molecule has 44 heavy (non-hydrogen) atoms. The van der Waals surface area contributed by atoms with Crippen LogP contribution in [0.15, 0.2) is 36.4 Å². The Balaban J connectivity index is 1.83. The van der Waals surface area contributed by atoms with Crippen molar-refractivity contribution >= 4 is 17.7 Å². The fraction of sp³-hybridized carbons (Fsp3) is 0.559. The summed E-state index contributed by atoms with van der Waals surface area (Å²) in [5.41, 5.74) is 1.63. The molecule has 10 heteroatoms. The molecule has 1 aliphatic heterocycles. The highest BCUT2D eigenvalue weighted by molar-refractivity contribution is 6.00. The lowest BCUT2D eigenvalue weighted by Gasteiger charge is -2.28. The van der Waals surface area contributed by atoms with Gasteiger partial charge in [-0.25, -0.2) is 8.78 Å². The van der Waals surface area contributed by atoms with Gasteiger partial charge < -0.3 is 25.5 Å². The highest BCUT2D eigenvalue weighted by atomic mass is 19.1. The molecule has 1 aliphatic rings. The molecule has 3 unspecified atom stereocenters. The van der Waals surface area contributed by atoms with Crippen molar-refractivity contribution in [3.8, 4) is 0 Å². The van der Waals surface area contributed by atoms with Crippen molar-refractivity contribution < 1.29 is 28.3 Å². The Bertz CT molecular complexity index is 1250. The third-order valence-corrected chi connectivity index (χ3v) is 7.87. The van der Waals surface area contributed by atoms with E-state index in [4.69, 9.17) is 0 Å². The Labute approximate surface area is 260 Å². The first-order valence-electron chi connectivity index (χ1n) is 15.9. The number of hydrogen-bond donors (Lipinski definition) is 3. The molecule has 3 N–H and O–H groups in total. The number of aryl methyl sites for hydroxylation is 1. The third-order valence-electron chi connectivity index (χ3n) is 7.87. The number of carbonyl (C=O) groups is 3. The zero-order valence-electron chi connectivity index (χ0n) is 26.5. The second-order valence-electron chi connectivity index (χ2n) is 11.8. The van der Waals surface area contributed by atoms with Gasteiger partial charge in [-0.1, -0.05) is 20.8 Å². The highest BCUT2D eigenvalue weighted by Gasteiger charge is 2.29. The molecule has 3 rings (SSSR count). The number of nitrogens with one attached hydrogen (secondary N) is 2. The predicted octanol–water partition coefficient (Wildman–Crippen LogP) is 4.62. The first-order chi connectivity index (χ1) is 21.1. The zero-order valence-corrected chi connectivity index (χ0v) is 26.5. The molecule has 0 aromatic heterocycles. The van der Waals surface area contributed by atoms with Gasteiger partial charge in [-0.05, 0) is 93.3 Å². The fourth-order valence-electron chi connectivity index (χ4n) is 5.78. The van der Waals surface area contributed by atoms with Gasteiger partial charge in [0.15, 0.2) is 0 Å². The van der Waals surface area contributed by atoms with Gasteiger partial charge in [-0.3, -0.25) is 14.4 Å². The maximum atomic E-state index is 14.0. The maximum absolute atomic E-state index is 14.0. The van der Waals surface area contributed by atoms with E-state index in [1.54, 1.807) is 30.0 Å². The Hall–Kier alpha value is -3.37. The number of amides is 3. The number of hydrogen-bond acceptors (Lipinski definition) is 5. The third kappa shape index (κ3) is 10.1. The van der Waals surface area contributed by atoms with E-state index in [0.717, 1.165) is 43.7 Å². The number of rotatable bonds is 15. The second kappa shape index (κ2) is 17.2. The van der Waals surface area contributed by atoms with Crippen molar-refractivity contribution in [3.05, 3.63) is 70.3 Å². The van der Waals surface area contributed by atoms with Crippen molar-refractivity contribution in [1.29, 1.82) is 0 Å². The number of aliphatic hydroxyl groups excluding tert-OH is 1. The highest BCUT2D eigenvalue weighted by Crippen LogP contribution is 2.17. The van der Waals surface area contributed by atoms with E-state index in [0.29, 0.717) is 38.2 Å². The van der Waals surface area contributed by atoms with Crippen LogP contribution >= 0.6 is 0 Å². The molecule has 1 fully saturated rings. The van der Waals surface area contributed by atoms with Crippen molar-refractivity contribution in [1.82, 2.24) is 20.4 Å². The lowest BCUT2D eigenvalue weighted by atomic mass is 9.99. The van der Waals surface area contributed by atoms with E-state index < -0.39 is 35.7 Å². The second-order valence-corrected chi connectivity index (χ2v) is 11.8. The number of carbonyl (C=O) groups excluding carboxylic acids is 3. The van der Waals surface area contributed by atoms with Crippen LogP contribution in [0.5, 0.6) is 0 Å². The summed E-state index contributed by atoms with van der Waals surface area (Å²) in [5, 5.41) is 17.3. The monoisotopic (exact) mass is 614 g/mol. The van der Waals surface area contributed by atoms with Crippen molar-refractivity contribution in [3.63, 3.8) is 0 Å². The van der Waals surface area contributed by atoms with Gasteiger partial charge in [0.1, 0.15) is 11.6 Å². The molecule has 1 heterocycles. The smallest absolute Gasteiger partial charge is 0.253 e. The van der Waals surface area contributed by atoms with Crippen molar-refractivity contribution in [2.75, 3.05) is 32.7 Å². The lowest BCUT2D eigenvalue weighted by Crippen LogP contribution is -2.52. The van der Waals surface area contributed by atoms with Crippen molar-refractivity contribution in [2.24, 2.45) is 0 Å². The van der Waals surface area contributed by atoms with E-state index in [9.17, 15) is 28.3 Å². The summed E-state index contributed by atoms with van der Waals surface area (Å²) < 4.78 is 28.1. The topological polar surface area (TPSA) is 102 Å². The molecule has 2 aromatic rings. The lowest BCUT2D eigenvalue weighted by molar-refractivity contribution is -0.133. The molecule has 0 bridgehead atoms. The Morgan fingerprint density at radius 2 is 1.64 bits per heavy atom. The van der Waals surface area contributed by atoms with Crippen LogP contribution in [0.25, 0.3) is 0 Å². The average Bonchev–Trinajstić information content (AvgIpc) is 3.15. The molecule has 2 aromatic carbocycles. The van der Waals surface area contributed by atoms with E-state index >= 15 is 0 Å². The van der Waals surface area contributed by atoms with Gasteiger partial charge in [-0.15, -0.1) is 0 Å². The van der Waals surface area contributed by atoms with Crippen LogP contribution in [0, 0.1) is 18.6 Å². The number of benzene rings is 2. The quantitative estimate of drug-likeness (QED) is 0.272. The van der Waals surface area contributed by atoms with Crippen LogP contribution in [0.4, 0.5) is 8.78 Å². The zero-order chi connectivity index (χ0) is 32.2. The standard InChI is InChI=1S/C34H48F2N4O4/c1-5-11-39(12-6-2)33(43)26-16-23(4)15-25(20-26)32(42)38-30(19-24-17-27(35)21-28(36)18-24)31(41)22-37-29-10-8-9-14-40(13-7-3)34(29)44/h15-18,20-21,29-31,37,41H,5-14,19,22H2,1-4H3,(H,38,42). The first kappa shape index (κ1) is 35.1. The van der Waals surface area contributed by atoms with E-state index in [2.05, 4.69) is 10.6 Å². The first-order valence-corrected chi connectivity index (χ1v) is 15.9. The molecule has 0 spiro atoms. The van der Waals surface area contributed by atoms with E-state index in [-0.39, 0.29) is 35.9 Å². The van der Waals surface area contributed by atoms with E-state index in [1.165, 1.54) is 12.1 Å². The molecular weight excluding hydrogens is 566 g/mol. The molecule has 0 aliphatic carbocycles. The van der Waals surface area contributed by atoms with Crippen LogP contribution in [0.1, 0.15) is 91.1 Å². The van der Waals surface area contributed by atoms with E-state index in [1.807, 2.05) is 25.7 Å². The summed E-state index contributed by atoms with van der Waals surface area (Å²) in [5.74, 6) is -2.22. The molecule has 0 radical (unpaired) electrons. The SMILES string of the molecule is CCCN(CCC)C(=O)c1cc(C)cc(C(=O)NC(Cc2cc(F)cc(F)c2)C(O)CNC2CCCCN(CCC)C2=O)c1. The fourth-order valence-corrected chi connectivity index (χ4v) is 5.78. The summed E-state index contributed by atoms with van der Waals surface area (Å²) in [6, 6.07) is 6.63. The molecule has 8 nitrogen and oxygen atoms in total. The van der Waals surface area contributed by atoms with Gasteiger partial charge in [0.2, 0.25) is 5.91 Å². The summed E-state index contributed by atoms with van der Waals surface area (Å²) in [6.07, 6.45) is 3.63. The number of nitrogens with zero attached hydrogens (tertiary/aromatic N) is 2. The number of likely N-dealkylation sites (tertiary alicyclic amines) is 1. The van der Waals surface area contributed by atoms with Crippen LogP contribution in [0.3, 0.4) is 0 Å². The summed E-state index contributed by atoms with van der Waals surface area (Å²) in [7, 11) is 0. The van der Waals surface area contributed by atoms with Crippen molar-refractivity contribution in [2.45, 2.75) is 90.8 Å². The van der Waals surface area contributed by atoms with Gasteiger partial charge in [0.05, 0.1) is 18.2 Å². The molecule has 3 atom stereocenters. The molecule has 0 saturated carbocycles. The molecule has 1 saturated heterocycles. The van der Waals surface area contributed by atoms with Gasteiger partial charge in [0.25, 0.3) is 11.8 Å².